The number of nitrogens with zero attached hydrogens (tertiary/aromatic N) is 2. The number of anilines is 3. The molecule has 0 atom stereocenters. The van der Waals surface area contributed by atoms with Crippen molar-refractivity contribution in [2.75, 3.05) is 4.90 Å². The SMILES string of the molecule is c1cc(-c2ccc(N(c3ccc4oc5c6ccccc6ccc5c4c3)c3cccc4c3-c3ccccc3C43c4ccccc4-c4ccccc43)cc2)cc(-n2c3ccccc3c3ccccc32)c1. The Bertz CT molecular complexity index is 4130. The van der Waals surface area contributed by atoms with Gasteiger partial charge < -0.3 is 13.9 Å². The first-order valence-corrected chi connectivity index (χ1v) is 23.5. The van der Waals surface area contributed by atoms with Crippen LogP contribution in [0.5, 0.6) is 0 Å². The normalized spacial score (nSPS) is 13.1. The second-order valence-corrected chi connectivity index (χ2v) is 18.3. The third-order valence-corrected chi connectivity index (χ3v) is 15.0. The Morgan fingerprint density at radius 1 is 0.368 bits per heavy atom. The summed E-state index contributed by atoms with van der Waals surface area (Å²) < 4.78 is 9.08. The highest BCUT2D eigenvalue weighted by Gasteiger charge is 2.52. The molecule has 2 heterocycles. The van der Waals surface area contributed by atoms with Crippen LogP contribution >= 0.6 is 0 Å². The fourth-order valence-corrected chi connectivity index (χ4v) is 12.2. The maximum atomic E-state index is 6.69. The lowest BCUT2D eigenvalue weighted by Gasteiger charge is -2.31. The summed E-state index contributed by atoms with van der Waals surface area (Å²) in [6.07, 6.45) is 0. The molecule has 1 spiro atoms. The molecule has 316 valence electrons. The van der Waals surface area contributed by atoms with Gasteiger partial charge in [0.25, 0.3) is 0 Å². The Morgan fingerprint density at radius 3 is 1.69 bits per heavy atom. The molecule has 0 fully saturated rings. The van der Waals surface area contributed by atoms with Crippen LogP contribution in [0.1, 0.15) is 22.3 Å². The molecular weight excluding hydrogens is 825 g/mol. The number of hydrogen-bond acceptors (Lipinski definition) is 2. The molecule has 0 amide bonds. The van der Waals surface area contributed by atoms with Crippen molar-refractivity contribution >= 4 is 71.6 Å². The second-order valence-electron chi connectivity index (χ2n) is 18.3. The summed E-state index contributed by atoms with van der Waals surface area (Å²) in [5, 5.41) is 7.02. The lowest BCUT2D eigenvalue weighted by atomic mass is 9.70. The summed E-state index contributed by atoms with van der Waals surface area (Å²) in [5.41, 5.74) is 20.9. The van der Waals surface area contributed by atoms with Gasteiger partial charge in [0.2, 0.25) is 0 Å². The predicted octanol–water partition coefficient (Wildman–Crippen LogP) is 17.3. The van der Waals surface area contributed by atoms with Crippen molar-refractivity contribution < 1.29 is 4.42 Å². The highest BCUT2D eigenvalue weighted by atomic mass is 16.3. The number of furan rings is 1. The molecule has 2 aliphatic rings. The molecule has 0 aliphatic heterocycles. The molecule has 0 N–H and O–H groups in total. The first-order valence-electron chi connectivity index (χ1n) is 23.5. The van der Waals surface area contributed by atoms with E-state index in [1.165, 1.54) is 71.7 Å². The Kier molecular flexibility index (Phi) is 7.71. The van der Waals surface area contributed by atoms with Crippen molar-refractivity contribution in [3.05, 3.63) is 265 Å². The second kappa shape index (κ2) is 14.0. The van der Waals surface area contributed by atoms with Crippen LogP contribution in [0.15, 0.2) is 247 Å². The Morgan fingerprint density at radius 2 is 0.956 bits per heavy atom. The Balaban J connectivity index is 0.939. The van der Waals surface area contributed by atoms with Gasteiger partial charge >= 0.3 is 0 Å². The molecule has 0 bridgehead atoms. The quantitative estimate of drug-likeness (QED) is 0.172. The number of rotatable bonds is 5. The van der Waals surface area contributed by atoms with Gasteiger partial charge in [0.05, 0.1) is 22.1 Å². The van der Waals surface area contributed by atoms with Crippen molar-refractivity contribution in [2.24, 2.45) is 0 Å². The molecule has 15 rings (SSSR count). The highest BCUT2D eigenvalue weighted by molar-refractivity contribution is 6.16. The zero-order valence-corrected chi connectivity index (χ0v) is 36.9. The zero-order chi connectivity index (χ0) is 44.5. The summed E-state index contributed by atoms with van der Waals surface area (Å²) >= 11 is 0. The average molecular weight is 865 g/mol. The van der Waals surface area contributed by atoms with Crippen LogP contribution in [0.4, 0.5) is 17.1 Å². The van der Waals surface area contributed by atoms with Gasteiger partial charge in [-0.2, -0.15) is 0 Å². The van der Waals surface area contributed by atoms with Crippen LogP contribution in [0, 0.1) is 0 Å². The van der Waals surface area contributed by atoms with Crippen LogP contribution in [0.2, 0.25) is 0 Å². The molecule has 68 heavy (non-hydrogen) atoms. The molecule has 0 saturated carbocycles. The smallest absolute Gasteiger partial charge is 0.143 e. The molecule has 2 aliphatic carbocycles. The highest BCUT2D eigenvalue weighted by Crippen LogP contribution is 2.64. The summed E-state index contributed by atoms with van der Waals surface area (Å²) in [7, 11) is 0. The lowest BCUT2D eigenvalue weighted by Crippen LogP contribution is -2.26. The number of benzene rings is 11. The third kappa shape index (κ3) is 5.02. The lowest BCUT2D eigenvalue weighted by molar-refractivity contribution is 0.672. The van der Waals surface area contributed by atoms with Gasteiger partial charge in [-0.3, -0.25) is 0 Å². The largest absolute Gasteiger partial charge is 0.455 e. The maximum Gasteiger partial charge on any atom is 0.143 e. The molecule has 0 radical (unpaired) electrons. The first-order chi connectivity index (χ1) is 33.7. The summed E-state index contributed by atoms with van der Waals surface area (Å²) in [6.45, 7) is 0. The molecule has 2 aromatic heterocycles. The summed E-state index contributed by atoms with van der Waals surface area (Å²) in [6, 6.07) is 89.3. The summed E-state index contributed by atoms with van der Waals surface area (Å²) in [5.74, 6) is 0. The van der Waals surface area contributed by atoms with E-state index in [4.69, 9.17) is 4.42 Å². The molecule has 13 aromatic rings. The zero-order valence-electron chi connectivity index (χ0n) is 36.9. The van der Waals surface area contributed by atoms with Gasteiger partial charge in [-0.1, -0.05) is 176 Å². The maximum absolute atomic E-state index is 6.69. The fourth-order valence-electron chi connectivity index (χ4n) is 12.2. The number of fused-ring (bicyclic) bond motifs is 18. The molecule has 3 heteroatoms. The van der Waals surface area contributed by atoms with E-state index in [2.05, 4.69) is 252 Å². The standard InChI is InChI=1S/C65H40N2O/c1-2-18-47-42(15-1)33-37-52-54-40-46(36-38-62(54)68-64(47)52)66(44-34-31-41(32-35-44)43-16-13-17-45(39-43)67-59-28-11-6-21-50(59)51-22-7-12-29-60(51)67)61-30-14-27-58-63(61)53-23-5-10-26-57(53)65(58)55-24-8-3-19-48(55)49-20-4-9-25-56(49)65/h1-40H. The van der Waals surface area contributed by atoms with E-state index in [1.54, 1.807) is 0 Å². The first kappa shape index (κ1) is 37.3. The van der Waals surface area contributed by atoms with E-state index in [0.29, 0.717) is 0 Å². The topological polar surface area (TPSA) is 21.3 Å². The van der Waals surface area contributed by atoms with E-state index < -0.39 is 5.41 Å². The van der Waals surface area contributed by atoms with Crippen molar-refractivity contribution in [1.82, 2.24) is 4.57 Å². The number of para-hydroxylation sites is 2. The summed E-state index contributed by atoms with van der Waals surface area (Å²) in [4.78, 5) is 2.47. The minimum Gasteiger partial charge on any atom is -0.455 e. The van der Waals surface area contributed by atoms with Crippen LogP contribution in [-0.2, 0) is 5.41 Å². The van der Waals surface area contributed by atoms with Gasteiger partial charge in [-0.05, 0) is 122 Å². The monoisotopic (exact) mass is 864 g/mol. The Hall–Kier alpha value is -8.92. The number of aromatic nitrogens is 1. The van der Waals surface area contributed by atoms with Crippen molar-refractivity contribution in [1.29, 1.82) is 0 Å². The molecule has 3 nitrogen and oxygen atoms in total. The van der Waals surface area contributed by atoms with Crippen LogP contribution in [0.25, 0.3) is 93.6 Å². The fraction of sp³-hybridized carbons (Fsp3) is 0.0154. The van der Waals surface area contributed by atoms with Crippen LogP contribution in [-0.4, -0.2) is 4.57 Å². The van der Waals surface area contributed by atoms with E-state index >= 15 is 0 Å². The van der Waals surface area contributed by atoms with Gasteiger partial charge in [0.1, 0.15) is 11.2 Å². The van der Waals surface area contributed by atoms with Crippen LogP contribution < -0.4 is 4.90 Å². The van der Waals surface area contributed by atoms with Crippen LogP contribution in [0.3, 0.4) is 0 Å². The van der Waals surface area contributed by atoms with Crippen molar-refractivity contribution in [2.45, 2.75) is 5.41 Å². The Labute approximate surface area is 393 Å². The third-order valence-electron chi connectivity index (χ3n) is 15.0. The van der Waals surface area contributed by atoms with Crippen molar-refractivity contribution in [3.8, 4) is 39.1 Å². The van der Waals surface area contributed by atoms with Crippen molar-refractivity contribution in [3.63, 3.8) is 0 Å². The van der Waals surface area contributed by atoms with E-state index in [1.807, 2.05) is 0 Å². The van der Waals surface area contributed by atoms with E-state index in [9.17, 15) is 0 Å². The molecular formula is C65H40N2O. The molecule has 11 aromatic carbocycles. The predicted molar refractivity (Wildman–Crippen MR) is 282 cm³/mol. The minimum atomic E-state index is -0.461. The van der Waals surface area contributed by atoms with E-state index in [0.717, 1.165) is 61.2 Å². The van der Waals surface area contributed by atoms with Gasteiger partial charge in [-0.15, -0.1) is 0 Å². The minimum absolute atomic E-state index is 0.461. The van der Waals surface area contributed by atoms with Gasteiger partial charge in [-0.25, -0.2) is 0 Å². The van der Waals surface area contributed by atoms with Gasteiger partial charge in [0.15, 0.2) is 0 Å². The average Bonchev–Trinajstić information content (AvgIpc) is 4.13. The number of hydrogen-bond donors (Lipinski definition) is 0. The van der Waals surface area contributed by atoms with E-state index in [-0.39, 0.29) is 0 Å². The molecule has 0 saturated heterocycles. The van der Waals surface area contributed by atoms with Gasteiger partial charge in [0, 0.05) is 49.6 Å². The molecule has 0 unspecified atom stereocenters.